The Morgan fingerprint density at radius 1 is 1.30 bits per heavy atom. The first kappa shape index (κ1) is 20.2. The van der Waals surface area contributed by atoms with Crippen LogP contribution in [0.2, 0.25) is 0 Å². The number of carboxylic acids is 1. The number of benzene rings is 2. The highest BCUT2D eigenvalue weighted by Crippen LogP contribution is 2.44. The van der Waals surface area contributed by atoms with Gasteiger partial charge in [-0.05, 0) is 54.2 Å². The van der Waals surface area contributed by atoms with Crippen molar-refractivity contribution in [2.24, 2.45) is 0 Å². The normalized spacial score (nSPS) is 13.7. The number of sulfone groups is 1. The SMILES string of the molecule is N#Cc1cc(CS(=O)(=O)c2cc(C(=O)O)ccc2C2CC2)c(-c2cscn2)cc1F. The van der Waals surface area contributed by atoms with Gasteiger partial charge in [0.25, 0.3) is 0 Å². The number of carbonyl (C=O) groups is 1. The molecule has 2 aromatic carbocycles. The summed E-state index contributed by atoms with van der Waals surface area (Å²) in [4.78, 5) is 15.5. The molecule has 1 saturated carbocycles. The predicted molar refractivity (Wildman–Crippen MR) is 108 cm³/mol. The van der Waals surface area contributed by atoms with Crippen molar-refractivity contribution in [2.75, 3.05) is 0 Å². The van der Waals surface area contributed by atoms with Gasteiger partial charge in [-0.25, -0.2) is 22.6 Å². The molecule has 0 atom stereocenters. The summed E-state index contributed by atoms with van der Waals surface area (Å²) in [7, 11) is -3.98. The fraction of sp³-hybridized carbons (Fsp3) is 0.190. The van der Waals surface area contributed by atoms with Crippen LogP contribution in [0.3, 0.4) is 0 Å². The second-order valence-electron chi connectivity index (χ2n) is 7.07. The van der Waals surface area contributed by atoms with Crippen molar-refractivity contribution >= 4 is 27.1 Å². The molecule has 0 bridgehead atoms. The van der Waals surface area contributed by atoms with Crippen LogP contribution in [0.1, 0.15) is 45.8 Å². The molecule has 152 valence electrons. The highest BCUT2D eigenvalue weighted by molar-refractivity contribution is 7.90. The van der Waals surface area contributed by atoms with Gasteiger partial charge in [-0.1, -0.05) is 6.07 Å². The van der Waals surface area contributed by atoms with Crippen LogP contribution >= 0.6 is 11.3 Å². The Hall–Kier alpha value is -3.09. The molecule has 0 unspecified atom stereocenters. The third-order valence-corrected chi connectivity index (χ3v) is 7.28. The Labute approximate surface area is 176 Å². The molecular weight excluding hydrogens is 427 g/mol. The van der Waals surface area contributed by atoms with E-state index in [0.717, 1.165) is 18.9 Å². The third-order valence-electron chi connectivity index (χ3n) is 4.98. The lowest BCUT2D eigenvalue weighted by Crippen LogP contribution is -2.11. The van der Waals surface area contributed by atoms with Crippen LogP contribution < -0.4 is 0 Å². The second-order valence-corrected chi connectivity index (χ2v) is 9.74. The van der Waals surface area contributed by atoms with Gasteiger partial charge in [0.15, 0.2) is 9.84 Å². The molecule has 1 aromatic heterocycles. The van der Waals surface area contributed by atoms with Crippen LogP contribution in [0.5, 0.6) is 0 Å². The number of nitriles is 1. The molecule has 0 aliphatic heterocycles. The molecule has 0 amide bonds. The van der Waals surface area contributed by atoms with Gasteiger partial charge in [0.05, 0.1) is 33.0 Å². The number of halogens is 1. The van der Waals surface area contributed by atoms with Gasteiger partial charge >= 0.3 is 5.97 Å². The molecule has 1 N–H and O–H groups in total. The quantitative estimate of drug-likeness (QED) is 0.607. The highest BCUT2D eigenvalue weighted by Gasteiger charge is 2.32. The topological polar surface area (TPSA) is 108 Å². The maximum Gasteiger partial charge on any atom is 0.335 e. The van der Waals surface area contributed by atoms with Crippen molar-refractivity contribution in [1.82, 2.24) is 4.98 Å². The summed E-state index contributed by atoms with van der Waals surface area (Å²) < 4.78 is 40.9. The molecule has 0 spiro atoms. The molecule has 30 heavy (non-hydrogen) atoms. The average molecular weight is 442 g/mol. The van der Waals surface area contributed by atoms with Gasteiger partial charge in [0.2, 0.25) is 0 Å². The van der Waals surface area contributed by atoms with Crippen molar-refractivity contribution in [3.8, 4) is 17.3 Å². The number of nitrogens with zero attached hydrogens (tertiary/aromatic N) is 2. The Kier molecular flexibility index (Phi) is 5.13. The van der Waals surface area contributed by atoms with Crippen LogP contribution in [-0.4, -0.2) is 24.5 Å². The molecular formula is C21H15FN2O4S2. The molecule has 1 aliphatic rings. The molecule has 9 heteroatoms. The zero-order chi connectivity index (χ0) is 21.5. The first-order valence-electron chi connectivity index (χ1n) is 9.01. The van der Waals surface area contributed by atoms with E-state index in [1.165, 1.54) is 29.5 Å². The minimum atomic E-state index is -3.98. The van der Waals surface area contributed by atoms with Gasteiger partial charge in [-0.2, -0.15) is 5.26 Å². The monoisotopic (exact) mass is 442 g/mol. The number of aromatic carboxylic acids is 1. The molecule has 1 heterocycles. The summed E-state index contributed by atoms with van der Waals surface area (Å²) in [6, 6.07) is 8.22. The maximum atomic E-state index is 14.2. The van der Waals surface area contributed by atoms with Gasteiger partial charge in [-0.3, -0.25) is 0 Å². The summed E-state index contributed by atoms with van der Waals surface area (Å²) in [6.07, 6.45) is 1.68. The Balaban J connectivity index is 1.84. The number of hydrogen-bond acceptors (Lipinski definition) is 6. The fourth-order valence-corrected chi connectivity index (χ4v) is 5.61. The minimum absolute atomic E-state index is 0.0306. The van der Waals surface area contributed by atoms with Crippen molar-refractivity contribution < 1.29 is 22.7 Å². The Morgan fingerprint density at radius 3 is 2.67 bits per heavy atom. The third kappa shape index (κ3) is 3.84. The minimum Gasteiger partial charge on any atom is -0.478 e. The zero-order valence-corrected chi connectivity index (χ0v) is 17.1. The summed E-state index contributed by atoms with van der Waals surface area (Å²) >= 11 is 1.28. The van der Waals surface area contributed by atoms with E-state index in [-0.39, 0.29) is 27.5 Å². The van der Waals surface area contributed by atoms with E-state index >= 15 is 0 Å². The lowest BCUT2D eigenvalue weighted by molar-refractivity contribution is 0.0696. The number of hydrogen-bond donors (Lipinski definition) is 1. The largest absolute Gasteiger partial charge is 0.478 e. The fourth-order valence-electron chi connectivity index (χ4n) is 3.36. The van der Waals surface area contributed by atoms with E-state index in [0.29, 0.717) is 16.8 Å². The predicted octanol–water partition coefficient (Wildman–Crippen LogP) is 4.37. The van der Waals surface area contributed by atoms with Crippen molar-refractivity contribution in [3.63, 3.8) is 0 Å². The molecule has 0 saturated heterocycles. The lowest BCUT2D eigenvalue weighted by atomic mass is 10.0. The summed E-state index contributed by atoms with van der Waals surface area (Å²) in [5, 5.41) is 20.1. The number of carboxylic acid groups (broad SMARTS) is 1. The number of thiazole rings is 1. The van der Waals surface area contributed by atoms with Crippen molar-refractivity contribution in [2.45, 2.75) is 29.4 Å². The van der Waals surface area contributed by atoms with E-state index < -0.39 is 27.4 Å². The van der Waals surface area contributed by atoms with Crippen LogP contribution in [0.15, 0.2) is 46.1 Å². The summed E-state index contributed by atoms with van der Waals surface area (Å²) in [5.74, 6) is -2.39. The Morgan fingerprint density at radius 2 is 2.07 bits per heavy atom. The molecule has 6 nitrogen and oxygen atoms in total. The van der Waals surface area contributed by atoms with Gasteiger partial charge in [0, 0.05) is 10.9 Å². The Bertz CT molecular complexity index is 1290. The standard InChI is InChI=1S/C21H15FN2O4S2/c22-18-7-17(19-9-29-11-24-19)15(5-14(18)8-23)10-30(27,28)20-6-13(21(25)26)3-4-16(20)12-1-2-12/h3-7,9,11-12H,1-2,10H2,(H,25,26). The summed E-state index contributed by atoms with van der Waals surface area (Å²) in [6.45, 7) is 0. The van der Waals surface area contributed by atoms with E-state index in [2.05, 4.69) is 4.98 Å². The molecule has 1 aliphatic carbocycles. The molecule has 1 fully saturated rings. The van der Waals surface area contributed by atoms with E-state index in [1.807, 2.05) is 0 Å². The van der Waals surface area contributed by atoms with Crippen LogP contribution in [-0.2, 0) is 15.6 Å². The zero-order valence-electron chi connectivity index (χ0n) is 15.5. The van der Waals surface area contributed by atoms with Crippen LogP contribution in [0, 0.1) is 17.1 Å². The smallest absolute Gasteiger partial charge is 0.335 e. The van der Waals surface area contributed by atoms with E-state index in [1.54, 1.807) is 23.0 Å². The lowest BCUT2D eigenvalue weighted by Gasteiger charge is -2.14. The average Bonchev–Trinajstić information content (AvgIpc) is 3.42. The van der Waals surface area contributed by atoms with Gasteiger partial charge < -0.3 is 5.11 Å². The number of aromatic nitrogens is 1. The van der Waals surface area contributed by atoms with E-state index in [4.69, 9.17) is 0 Å². The second kappa shape index (κ2) is 7.63. The van der Waals surface area contributed by atoms with E-state index in [9.17, 15) is 28.0 Å². The first-order valence-corrected chi connectivity index (χ1v) is 11.6. The molecule has 3 aromatic rings. The maximum absolute atomic E-state index is 14.2. The first-order chi connectivity index (χ1) is 14.3. The van der Waals surface area contributed by atoms with Crippen molar-refractivity contribution in [1.29, 1.82) is 5.26 Å². The van der Waals surface area contributed by atoms with Crippen LogP contribution in [0.4, 0.5) is 4.39 Å². The van der Waals surface area contributed by atoms with Crippen molar-refractivity contribution in [3.05, 3.63) is 69.3 Å². The summed E-state index contributed by atoms with van der Waals surface area (Å²) in [5.41, 5.74) is 2.70. The number of rotatable bonds is 6. The van der Waals surface area contributed by atoms with Gasteiger partial charge in [-0.15, -0.1) is 11.3 Å². The highest BCUT2D eigenvalue weighted by atomic mass is 32.2. The van der Waals surface area contributed by atoms with Crippen LogP contribution in [0.25, 0.3) is 11.3 Å². The molecule has 4 rings (SSSR count). The van der Waals surface area contributed by atoms with Gasteiger partial charge in [0.1, 0.15) is 11.9 Å². The molecule has 0 radical (unpaired) electrons.